The smallest absolute Gasteiger partial charge is 0.353 e. The maximum Gasteiger partial charge on any atom is 0.353 e. The van der Waals surface area contributed by atoms with E-state index in [1.807, 2.05) is 0 Å². The first-order chi connectivity index (χ1) is 7.22. The Hall–Kier alpha value is -0.990. The fourth-order valence-electron chi connectivity index (χ4n) is 2.94. The summed E-state index contributed by atoms with van der Waals surface area (Å²) in [7, 11) is 1.40. The zero-order chi connectivity index (χ0) is 12.6. The van der Waals surface area contributed by atoms with E-state index < -0.39 is 0 Å². The van der Waals surface area contributed by atoms with Crippen LogP contribution in [0.3, 0.4) is 0 Å². The van der Waals surface area contributed by atoms with Gasteiger partial charge in [-0.2, -0.15) is 0 Å². The van der Waals surface area contributed by atoms with Crippen molar-refractivity contribution >= 4 is 5.97 Å². The molecule has 0 spiro atoms. The normalized spacial score (nSPS) is 22.7. The second-order valence-electron chi connectivity index (χ2n) is 5.75. The van der Waals surface area contributed by atoms with E-state index >= 15 is 0 Å². The molecule has 0 aromatic rings. The minimum atomic E-state index is -0.331. The topological polar surface area (TPSA) is 29.5 Å². The van der Waals surface area contributed by atoms with Crippen molar-refractivity contribution in [1.82, 2.24) is 4.90 Å². The van der Waals surface area contributed by atoms with Crippen molar-refractivity contribution < 1.29 is 9.53 Å². The Morgan fingerprint density at radius 3 is 2.00 bits per heavy atom. The quantitative estimate of drug-likeness (QED) is 0.534. The lowest BCUT2D eigenvalue weighted by Gasteiger charge is -2.54. The Kier molecular flexibility index (Phi) is 3.36. The molecule has 0 atom stereocenters. The van der Waals surface area contributed by atoms with E-state index in [4.69, 9.17) is 4.74 Å². The summed E-state index contributed by atoms with van der Waals surface area (Å²) in [5.41, 5.74) is 0.400. The van der Waals surface area contributed by atoms with Crippen molar-refractivity contribution in [3.8, 4) is 0 Å². The Morgan fingerprint density at radius 2 is 1.62 bits per heavy atom. The molecule has 0 N–H and O–H groups in total. The monoisotopic (exact) mass is 225 g/mol. The van der Waals surface area contributed by atoms with E-state index in [0.717, 1.165) is 12.8 Å². The molecular formula is C13H23NO2. The van der Waals surface area contributed by atoms with E-state index in [1.54, 1.807) is 0 Å². The number of hydrogen-bond acceptors (Lipinski definition) is 3. The minimum Gasteiger partial charge on any atom is -0.464 e. The van der Waals surface area contributed by atoms with Crippen LogP contribution in [0, 0.1) is 0 Å². The maximum absolute atomic E-state index is 11.6. The van der Waals surface area contributed by atoms with Gasteiger partial charge in [0.2, 0.25) is 0 Å². The largest absolute Gasteiger partial charge is 0.464 e. The van der Waals surface area contributed by atoms with Gasteiger partial charge < -0.3 is 9.64 Å². The first-order valence-corrected chi connectivity index (χ1v) is 5.80. The van der Waals surface area contributed by atoms with Crippen molar-refractivity contribution in [3.05, 3.63) is 12.3 Å². The van der Waals surface area contributed by atoms with Crippen LogP contribution in [0.2, 0.25) is 0 Å². The van der Waals surface area contributed by atoms with Crippen LogP contribution in [0.25, 0.3) is 0 Å². The molecule has 1 saturated heterocycles. The highest BCUT2D eigenvalue weighted by Crippen LogP contribution is 2.40. The first-order valence-electron chi connectivity index (χ1n) is 5.80. The number of rotatable bonds is 2. The molecular weight excluding hydrogens is 202 g/mol. The van der Waals surface area contributed by atoms with E-state index in [-0.39, 0.29) is 17.0 Å². The van der Waals surface area contributed by atoms with Gasteiger partial charge in [0.1, 0.15) is 5.70 Å². The van der Waals surface area contributed by atoms with Crippen LogP contribution in [0.15, 0.2) is 12.3 Å². The summed E-state index contributed by atoms with van der Waals surface area (Å²) in [6.45, 7) is 12.5. The summed E-state index contributed by atoms with van der Waals surface area (Å²) in [6.07, 6.45) is 3.34. The Bertz CT molecular complexity index is 289. The number of piperidine rings is 1. The van der Waals surface area contributed by atoms with Crippen LogP contribution in [0.5, 0.6) is 0 Å². The van der Waals surface area contributed by atoms with Crippen LogP contribution < -0.4 is 0 Å². The second-order valence-corrected chi connectivity index (χ2v) is 5.75. The van der Waals surface area contributed by atoms with Gasteiger partial charge in [-0.1, -0.05) is 6.58 Å². The molecule has 3 heteroatoms. The first kappa shape index (κ1) is 13.1. The lowest BCUT2D eigenvalue weighted by molar-refractivity contribution is -0.141. The third kappa shape index (κ3) is 2.23. The number of methoxy groups -OCH3 is 1. The molecule has 1 aliphatic rings. The summed E-state index contributed by atoms with van der Waals surface area (Å²) < 4.78 is 4.77. The predicted molar refractivity (Wildman–Crippen MR) is 65.0 cm³/mol. The fraction of sp³-hybridized carbons (Fsp3) is 0.769. The van der Waals surface area contributed by atoms with Crippen LogP contribution in [0.1, 0.15) is 47.0 Å². The summed E-state index contributed by atoms with van der Waals surface area (Å²) in [5.74, 6) is -0.331. The van der Waals surface area contributed by atoms with Crippen molar-refractivity contribution in [2.75, 3.05) is 7.11 Å². The second kappa shape index (κ2) is 4.11. The average Bonchev–Trinajstić information content (AvgIpc) is 2.13. The number of hydrogen-bond donors (Lipinski definition) is 0. The number of ether oxygens (including phenoxy) is 1. The van der Waals surface area contributed by atoms with Crippen LogP contribution in [0.4, 0.5) is 0 Å². The molecule has 0 bridgehead atoms. The summed E-state index contributed by atoms with van der Waals surface area (Å²) in [5, 5.41) is 0. The molecule has 1 fully saturated rings. The zero-order valence-electron chi connectivity index (χ0n) is 11.1. The van der Waals surface area contributed by atoms with Crippen LogP contribution in [-0.4, -0.2) is 29.1 Å². The third-order valence-electron chi connectivity index (χ3n) is 3.48. The van der Waals surface area contributed by atoms with Gasteiger partial charge in [-0.3, -0.25) is 0 Å². The van der Waals surface area contributed by atoms with Crippen molar-refractivity contribution in [1.29, 1.82) is 0 Å². The fourth-order valence-corrected chi connectivity index (χ4v) is 2.94. The molecule has 1 rings (SSSR count). The summed E-state index contributed by atoms with van der Waals surface area (Å²) in [6, 6.07) is 0. The van der Waals surface area contributed by atoms with Crippen molar-refractivity contribution in [2.24, 2.45) is 0 Å². The molecule has 1 aliphatic heterocycles. The molecule has 92 valence electrons. The van der Waals surface area contributed by atoms with Gasteiger partial charge in [0.15, 0.2) is 0 Å². The SMILES string of the molecule is C=C(C(=O)OC)N1C(C)(C)CCCC1(C)C. The van der Waals surface area contributed by atoms with Gasteiger partial charge in [-0.25, -0.2) is 4.79 Å². The molecule has 0 aliphatic carbocycles. The van der Waals surface area contributed by atoms with E-state index in [9.17, 15) is 4.79 Å². The van der Waals surface area contributed by atoms with Gasteiger partial charge in [-0.15, -0.1) is 0 Å². The highest BCUT2D eigenvalue weighted by atomic mass is 16.5. The summed E-state index contributed by atoms with van der Waals surface area (Å²) in [4.78, 5) is 13.7. The van der Waals surface area contributed by atoms with Gasteiger partial charge in [-0.05, 0) is 47.0 Å². The lowest BCUT2D eigenvalue weighted by atomic mass is 9.79. The molecule has 16 heavy (non-hydrogen) atoms. The highest BCUT2D eigenvalue weighted by Gasteiger charge is 2.43. The third-order valence-corrected chi connectivity index (χ3v) is 3.48. The number of carbonyl (C=O) groups excluding carboxylic acids is 1. The van der Waals surface area contributed by atoms with E-state index in [0.29, 0.717) is 5.70 Å². The Labute approximate surface area is 98.5 Å². The molecule has 0 aromatic carbocycles. The molecule has 0 unspecified atom stereocenters. The van der Waals surface area contributed by atoms with Crippen LogP contribution in [-0.2, 0) is 9.53 Å². The molecule has 0 saturated carbocycles. The summed E-state index contributed by atoms with van der Waals surface area (Å²) >= 11 is 0. The van der Waals surface area contributed by atoms with Gasteiger partial charge in [0, 0.05) is 11.1 Å². The molecule has 0 amide bonds. The predicted octanol–water partition coefficient (Wildman–Crippen LogP) is 2.72. The van der Waals surface area contributed by atoms with Crippen LogP contribution >= 0.6 is 0 Å². The van der Waals surface area contributed by atoms with Crippen molar-refractivity contribution in [3.63, 3.8) is 0 Å². The molecule has 1 heterocycles. The Balaban J connectivity index is 3.04. The number of nitrogens with zero attached hydrogens (tertiary/aromatic N) is 1. The number of likely N-dealkylation sites (tertiary alicyclic amines) is 1. The number of carbonyl (C=O) groups is 1. The molecule has 0 radical (unpaired) electrons. The lowest BCUT2D eigenvalue weighted by Crippen LogP contribution is -2.58. The molecule has 0 aromatic heterocycles. The van der Waals surface area contributed by atoms with Crippen molar-refractivity contribution in [2.45, 2.75) is 58.0 Å². The number of esters is 1. The van der Waals surface area contributed by atoms with E-state index in [1.165, 1.54) is 13.5 Å². The Morgan fingerprint density at radius 1 is 1.19 bits per heavy atom. The van der Waals surface area contributed by atoms with E-state index in [2.05, 4.69) is 39.2 Å². The van der Waals surface area contributed by atoms with Gasteiger partial charge >= 0.3 is 5.97 Å². The average molecular weight is 225 g/mol. The van der Waals surface area contributed by atoms with Gasteiger partial charge in [0.25, 0.3) is 0 Å². The standard InChI is InChI=1S/C13H23NO2/c1-10(11(15)16-6)14-12(2,3)8-7-9-13(14,4)5/h1,7-9H2,2-6H3. The minimum absolute atomic E-state index is 0.0347. The maximum atomic E-state index is 11.6. The zero-order valence-corrected chi connectivity index (χ0v) is 11.1. The molecule has 3 nitrogen and oxygen atoms in total. The highest BCUT2D eigenvalue weighted by molar-refractivity contribution is 5.87. The van der Waals surface area contributed by atoms with Gasteiger partial charge in [0.05, 0.1) is 7.11 Å².